The molecule has 0 spiro atoms. The number of likely N-dealkylation sites (tertiary alicyclic amines) is 1. The third-order valence-corrected chi connectivity index (χ3v) is 4.33. The van der Waals surface area contributed by atoms with Crippen LogP contribution in [0.15, 0.2) is 0 Å². The van der Waals surface area contributed by atoms with Crippen LogP contribution >= 0.6 is 12.6 Å². The number of nitrogens with zero attached hydrogens (tertiary/aromatic N) is 1. The molecule has 28 heavy (non-hydrogen) atoms. The molecule has 1 saturated heterocycles. The van der Waals surface area contributed by atoms with Crippen molar-refractivity contribution in [3.05, 3.63) is 0 Å². The fourth-order valence-electron chi connectivity index (χ4n) is 2.14. The van der Waals surface area contributed by atoms with Gasteiger partial charge in [-0.3, -0.25) is 24.1 Å². The topological polar surface area (TPSA) is 111 Å². The molecule has 0 aromatic rings. The van der Waals surface area contributed by atoms with Crippen LogP contribution in [0.4, 0.5) is 0 Å². The Morgan fingerprint density at radius 1 is 1.07 bits per heavy atom. The fraction of sp³-hybridized carbons (Fsp3) is 0.778. The number of nitrogens with one attached hydrogen (secondary N) is 1. The van der Waals surface area contributed by atoms with Crippen LogP contribution in [0.1, 0.15) is 27.2 Å². The minimum Gasteiger partial charge on any atom is -0.377 e. The highest BCUT2D eigenvalue weighted by Crippen LogP contribution is 2.17. The maximum Gasteiger partial charge on any atom is 0.246 e. The summed E-state index contributed by atoms with van der Waals surface area (Å²) in [7, 11) is 0. The number of ketones is 1. The van der Waals surface area contributed by atoms with Crippen molar-refractivity contribution >= 4 is 36.1 Å². The Balaban J connectivity index is 1.94. The molecule has 1 unspecified atom stereocenters. The Morgan fingerprint density at radius 3 is 2.29 bits per heavy atom. The van der Waals surface area contributed by atoms with Crippen molar-refractivity contribution < 1.29 is 33.4 Å². The van der Waals surface area contributed by atoms with E-state index in [4.69, 9.17) is 14.2 Å². The SMILES string of the molecule is CC(C)(C)C(=O)COCC(=O)NCCOCCOCCN1C(=O)CC(S)C1=O. The lowest BCUT2D eigenvalue weighted by atomic mass is 9.91. The summed E-state index contributed by atoms with van der Waals surface area (Å²) < 4.78 is 15.7. The van der Waals surface area contributed by atoms with Gasteiger partial charge in [-0.1, -0.05) is 20.8 Å². The lowest BCUT2D eigenvalue weighted by Crippen LogP contribution is -2.34. The Bertz CT molecular complexity index is 563. The molecule has 0 aromatic carbocycles. The first-order chi connectivity index (χ1) is 13.1. The summed E-state index contributed by atoms with van der Waals surface area (Å²) >= 11 is 4.04. The van der Waals surface area contributed by atoms with E-state index < -0.39 is 10.7 Å². The highest BCUT2D eigenvalue weighted by Gasteiger charge is 2.35. The van der Waals surface area contributed by atoms with Crippen molar-refractivity contribution in [3.63, 3.8) is 0 Å². The smallest absolute Gasteiger partial charge is 0.246 e. The lowest BCUT2D eigenvalue weighted by molar-refractivity contribution is -0.139. The molecule has 1 rings (SSSR count). The van der Waals surface area contributed by atoms with Gasteiger partial charge in [-0.2, -0.15) is 12.6 Å². The largest absolute Gasteiger partial charge is 0.377 e. The van der Waals surface area contributed by atoms with Crippen LogP contribution in [-0.4, -0.2) is 86.4 Å². The molecule has 10 heteroatoms. The first-order valence-electron chi connectivity index (χ1n) is 9.18. The number of carbonyl (C=O) groups excluding carboxylic acids is 4. The first-order valence-corrected chi connectivity index (χ1v) is 9.70. The number of amides is 3. The molecule has 9 nitrogen and oxygen atoms in total. The van der Waals surface area contributed by atoms with Crippen LogP contribution in [0.25, 0.3) is 0 Å². The summed E-state index contributed by atoms with van der Waals surface area (Å²) in [5.41, 5.74) is -0.485. The van der Waals surface area contributed by atoms with Crippen LogP contribution in [0.3, 0.4) is 0 Å². The Hall–Kier alpha value is -1.49. The zero-order valence-electron chi connectivity index (χ0n) is 16.7. The van der Waals surface area contributed by atoms with Crippen molar-refractivity contribution in [1.82, 2.24) is 10.2 Å². The third kappa shape index (κ3) is 9.13. The molecule has 3 amide bonds. The molecule has 1 fully saturated rings. The monoisotopic (exact) mass is 418 g/mol. The zero-order valence-corrected chi connectivity index (χ0v) is 17.6. The highest BCUT2D eigenvalue weighted by atomic mass is 32.1. The van der Waals surface area contributed by atoms with E-state index >= 15 is 0 Å². The highest BCUT2D eigenvalue weighted by molar-refractivity contribution is 7.81. The minimum atomic E-state index is -0.546. The predicted octanol–water partition coefficient (Wildman–Crippen LogP) is -0.175. The Morgan fingerprint density at radius 2 is 1.71 bits per heavy atom. The molecule has 0 aliphatic carbocycles. The summed E-state index contributed by atoms with van der Waals surface area (Å²) in [6.07, 6.45) is 0.134. The van der Waals surface area contributed by atoms with Crippen molar-refractivity contribution in [1.29, 1.82) is 0 Å². The van der Waals surface area contributed by atoms with E-state index in [2.05, 4.69) is 17.9 Å². The molecule has 0 aromatic heterocycles. The standard InChI is InChI=1S/C18H30N2O7S/c1-18(2,3)14(21)11-27-12-15(22)19-4-6-25-8-9-26-7-5-20-16(23)10-13(28)17(20)24/h13,28H,4-12H2,1-3H3,(H,19,22). The first kappa shape index (κ1) is 24.5. The van der Waals surface area contributed by atoms with Gasteiger partial charge in [0.1, 0.15) is 13.2 Å². The number of carbonyl (C=O) groups is 4. The molecule has 0 bridgehead atoms. The molecule has 1 aliphatic rings. The maximum atomic E-state index is 11.6. The molecule has 1 aliphatic heterocycles. The maximum absolute atomic E-state index is 11.6. The van der Waals surface area contributed by atoms with Gasteiger partial charge in [0, 0.05) is 18.4 Å². The molecule has 0 radical (unpaired) electrons. The van der Waals surface area contributed by atoms with Crippen LogP contribution in [0.5, 0.6) is 0 Å². The number of hydrogen-bond donors (Lipinski definition) is 2. The van der Waals surface area contributed by atoms with Gasteiger partial charge in [-0.05, 0) is 0 Å². The van der Waals surface area contributed by atoms with E-state index in [-0.39, 0.29) is 56.3 Å². The summed E-state index contributed by atoms with van der Waals surface area (Å²) in [6, 6.07) is 0. The van der Waals surface area contributed by atoms with Gasteiger partial charge < -0.3 is 19.5 Å². The number of imide groups is 1. The molecular formula is C18H30N2O7S. The summed E-state index contributed by atoms with van der Waals surface area (Å²) in [6.45, 7) is 6.82. The van der Waals surface area contributed by atoms with E-state index in [9.17, 15) is 19.2 Å². The quantitative estimate of drug-likeness (QED) is 0.243. The number of ether oxygens (including phenoxy) is 3. The molecule has 1 heterocycles. The van der Waals surface area contributed by atoms with Crippen molar-refractivity contribution in [2.75, 3.05) is 52.7 Å². The van der Waals surface area contributed by atoms with Gasteiger partial charge in [0.2, 0.25) is 17.7 Å². The zero-order chi connectivity index (χ0) is 21.2. The van der Waals surface area contributed by atoms with Crippen LogP contribution < -0.4 is 5.32 Å². The fourth-order valence-corrected chi connectivity index (χ4v) is 2.44. The summed E-state index contributed by atoms with van der Waals surface area (Å²) in [5.74, 6) is -0.889. The molecule has 1 N–H and O–H groups in total. The Kier molecular flexibility index (Phi) is 10.7. The van der Waals surface area contributed by atoms with Gasteiger partial charge in [0.25, 0.3) is 0 Å². The van der Waals surface area contributed by atoms with Crippen molar-refractivity contribution in [3.8, 4) is 0 Å². The minimum absolute atomic E-state index is 0.0625. The Labute approximate surface area is 170 Å². The molecule has 1 atom stereocenters. The summed E-state index contributed by atoms with van der Waals surface area (Å²) in [4.78, 5) is 47.5. The van der Waals surface area contributed by atoms with Gasteiger partial charge in [0.15, 0.2) is 5.78 Å². The van der Waals surface area contributed by atoms with Crippen LogP contribution in [-0.2, 0) is 33.4 Å². The number of thiol groups is 1. The molecule has 160 valence electrons. The normalized spacial score (nSPS) is 17.3. The van der Waals surface area contributed by atoms with Crippen LogP contribution in [0.2, 0.25) is 0 Å². The second-order valence-corrected chi connectivity index (χ2v) is 7.97. The van der Waals surface area contributed by atoms with E-state index in [1.54, 1.807) is 20.8 Å². The van der Waals surface area contributed by atoms with Gasteiger partial charge in [-0.25, -0.2) is 0 Å². The predicted molar refractivity (Wildman–Crippen MR) is 104 cm³/mol. The molecular weight excluding hydrogens is 388 g/mol. The second kappa shape index (κ2) is 12.2. The number of rotatable bonds is 13. The average Bonchev–Trinajstić information content (AvgIpc) is 2.85. The van der Waals surface area contributed by atoms with E-state index in [0.29, 0.717) is 26.4 Å². The van der Waals surface area contributed by atoms with Gasteiger partial charge >= 0.3 is 0 Å². The second-order valence-electron chi connectivity index (χ2n) is 7.34. The summed E-state index contributed by atoms with van der Waals surface area (Å²) in [5, 5.41) is 2.07. The van der Waals surface area contributed by atoms with E-state index in [1.165, 1.54) is 0 Å². The van der Waals surface area contributed by atoms with Crippen LogP contribution in [0, 0.1) is 5.41 Å². The van der Waals surface area contributed by atoms with Gasteiger partial charge in [0.05, 0.1) is 38.2 Å². The van der Waals surface area contributed by atoms with Gasteiger partial charge in [-0.15, -0.1) is 0 Å². The number of Topliss-reactive ketones (excluding diaryl/α,β-unsaturated/α-hetero) is 1. The van der Waals surface area contributed by atoms with E-state index in [1.807, 2.05) is 0 Å². The van der Waals surface area contributed by atoms with E-state index in [0.717, 1.165) is 4.90 Å². The third-order valence-electron chi connectivity index (χ3n) is 3.92. The average molecular weight is 419 g/mol. The number of hydrogen-bond acceptors (Lipinski definition) is 8. The van der Waals surface area contributed by atoms with Crippen molar-refractivity contribution in [2.45, 2.75) is 32.4 Å². The molecule has 0 saturated carbocycles. The van der Waals surface area contributed by atoms with Crippen molar-refractivity contribution in [2.24, 2.45) is 5.41 Å². The lowest BCUT2D eigenvalue weighted by Gasteiger charge is -2.16.